The molecule has 1 atom stereocenters. The van der Waals surface area contributed by atoms with Crippen LogP contribution in [-0.4, -0.2) is 42.4 Å². The van der Waals surface area contributed by atoms with E-state index < -0.39 is 0 Å². The highest BCUT2D eigenvalue weighted by atomic mass is 35.5. The molecule has 1 saturated heterocycles. The molecule has 3 rings (SSSR count). The monoisotopic (exact) mass is 427 g/mol. The van der Waals surface area contributed by atoms with Gasteiger partial charge in [-0.25, -0.2) is 0 Å². The van der Waals surface area contributed by atoms with E-state index in [4.69, 9.17) is 28.9 Å². The van der Waals surface area contributed by atoms with E-state index in [0.29, 0.717) is 22.5 Å². The molecule has 2 amide bonds. The Morgan fingerprint density at radius 2 is 1.82 bits per heavy atom. The summed E-state index contributed by atoms with van der Waals surface area (Å²) in [5, 5.41) is 4.26. The molecule has 1 aliphatic carbocycles. The molecule has 2 fully saturated rings. The van der Waals surface area contributed by atoms with Crippen molar-refractivity contribution >= 4 is 35.0 Å². The molecule has 1 unspecified atom stereocenters. The second kappa shape index (κ2) is 11.6. The Morgan fingerprint density at radius 1 is 1.11 bits per heavy atom. The van der Waals surface area contributed by atoms with Crippen LogP contribution in [0.15, 0.2) is 18.2 Å². The minimum Gasteiger partial charge on any atom is -0.354 e. The molecule has 28 heavy (non-hydrogen) atoms. The quantitative estimate of drug-likeness (QED) is 0.763. The van der Waals surface area contributed by atoms with Gasteiger partial charge in [0.1, 0.15) is 6.04 Å². The zero-order valence-corrected chi connectivity index (χ0v) is 18.1. The lowest BCUT2D eigenvalue weighted by atomic mass is 9.89. The standard InChI is InChI=1S/C14H25N3O2.C7H6Cl2/c15-9-13(18)17-8-4-7-12(17)14(19)16-10-11-5-2-1-3-6-11;1-5-2-3-6(8)7(9)4-5/h11-12H,1-10,15H2,(H,16,19);2-4H,1H3. The number of rotatable bonds is 4. The fourth-order valence-corrected chi connectivity index (χ4v) is 4.16. The average Bonchev–Trinajstić information content (AvgIpc) is 3.20. The molecule has 2 aliphatic rings. The topological polar surface area (TPSA) is 75.4 Å². The summed E-state index contributed by atoms with van der Waals surface area (Å²) in [6.07, 6.45) is 7.98. The smallest absolute Gasteiger partial charge is 0.242 e. The van der Waals surface area contributed by atoms with E-state index in [1.54, 1.807) is 11.0 Å². The number of carbonyl (C=O) groups excluding carboxylic acids is 2. The molecule has 1 aliphatic heterocycles. The Bertz CT molecular complexity index is 663. The maximum atomic E-state index is 12.2. The molecule has 156 valence electrons. The summed E-state index contributed by atoms with van der Waals surface area (Å²) < 4.78 is 0. The van der Waals surface area contributed by atoms with E-state index in [1.165, 1.54) is 32.1 Å². The zero-order chi connectivity index (χ0) is 20.5. The summed E-state index contributed by atoms with van der Waals surface area (Å²) in [5.41, 5.74) is 6.51. The van der Waals surface area contributed by atoms with Gasteiger partial charge in [-0.2, -0.15) is 0 Å². The molecule has 0 bridgehead atoms. The predicted molar refractivity (Wildman–Crippen MR) is 115 cm³/mol. The lowest BCUT2D eigenvalue weighted by Gasteiger charge is -2.26. The predicted octanol–water partition coefficient (Wildman–Crippen LogP) is 3.93. The van der Waals surface area contributed by atoms with Crippen molar-refractivity contribution in [3.05, 3.63) is 33.8 Å². The number of benzene rings is 1. The SMILES string of the molecule is Cc1ccc(Cl)c(Cl)c1.NCC(=O)N1CCCC1C(=O)NCC1CCCCC1. The van der Waals surface area contributed by atoms with Gasteiger partial charge >= 0.3 is 0 Å². The second-order valence-electron chi connectivity index (χ2n) is 7.62. The van der Waals surface area contributed by atoms with Crippen molar-refractivity contribution in [2.75, 3.05) is 19.6 Å². The molecular weight excluding hydrogens is 397 g/mol. The van der Waals surface area contributed by atoms with Gasteiger partial charge in [0.15, 0.2) is 0 Å². The van der Waals surface area contributed by atoms with E-state index in [2.05, 4.69) is 5.32 Å². The minimum atomic E-state index is -0.292. The molecule has 3 N–H and O–H groups in total. The Hall–Kier alpha value is -1.30. The molecule has 0 radical (unpaired) electrons. The molecule has 0 aromatic heterocycles. The third-order valence-electron chi connectivity index (χ3n) is 5.42. The van der Waals surface area contributed by atoms with Crippen LogP contribution in [-0.2, 0) is 9.59 Å². The van der Waals surface area contributed by atoms with Crippen LogP contribution in [0, 0.1) is 12.8 Å². The van der Waals surface area contributed by atoms with Gasteiger partial charge in [-0.3, -0.25) is 9.59 Å². The average molecular weight is 428 g/mol. The van der Waals surface area contributed by atoms with Gasteiger partial charge in [0.25, 0.3) is 0 Å². The Morgan fingerprint density at radius 3 is 2.43 bits per heavy atom. The summed E-state index contributed by atoms with van der Waals surface area (Å²) in [7, 11) is 0. The highest BCUT2D eigenvalue weighted by molar-refractivity contribution is 6.42. The zero-order valence-electron chi connectivity index (χ0n) is 16.6. The van der Waals surface area contributed by atoms with Crippen molar-refractivity contribution in [3.63, 3.8) is 0 Å². The van der Waals surface area contributed by atoms with E-state index in [9.17, 15) is 9.59 Å². The summed E-state index contributed by atoms with van der Waals surface area (Å²) in [6, 6.07) is 5.26. The molecule has 0 spiro atoms. The number of halogens is 2. The number of nitrogens with one attached hydrogen (secondary N) is 1. The fourth-order valence-electron chi connectivity index (χ4n) is 3.81. The summed E-state index contributed by atoms with van der Waals surface area (Å²) in [5.74, 6) is 0.512. The van der Waals surface area contributed by atoms with Crippen LogP contribution in [0.4, 0.5) is 0 Å². The Balaban J connectivity index is 0.000000261. The number of hydrogen-bond acceptors (Lipinski definition) is 3. The second-order valence-corrected chi connectivity index (χ2v) is 8.43. The third-order valence-corrected chi connectivity index (χ3v) is 6.15. The normalized spacial score (nSPS) is 19.7. The van der Waals surface area contributed by atoms with Crippen molar-refractivity contribution in [2.45, 2.75) is 57.9 Å². The lowest BCUT2D eigenvalue weighted by molar-refractivity contribution is -0.137. The van der Waals surface area contributed by atoms with Crippen LogP contribution in [0.5, 0.6) is 0 Å². The molecule has 5 nitrogen and oxygen atoms in total. The molecule has 1 saturated carbocycles. The van der Waals surface area contributed by atoms with E-state index in [0.717, 1.165) is 24.9 Å². The first kappa shape index (κ1) is 23.0. The van der Waals surface area contributed by atoms with Crippen LogP contribution < -0.4 is 11.1 Å². The Kier molecular flexibility index (Phi) is 9.56. The molecule has 1 heterocycles. The van der Waals surface area contributed by atoms with Crippen molar-refractivity contribution < 1.29 is 9.59 Å². The van der Waals surface area contributed by atoms with E-state index in [1.807, 2.05) is 19.1 Å². The van der Waals surface area contributed by atoms with E-state index in [-0.39, 0.29) is 24.4 Å². The number of likely N-dealkylation sites (tertiary alicyclic amines) is 1. The summed E-state index contributed by atoms with van der Waals surface area (Å²) >= 11 is 11.3. The Labute approximate surface area is 177 Å². The van der Waals surface area contributed by atoms with Gasteiger partial charge in [0.2, 0.25) is 11.8 Å². The number of carbonyl (C=O) groups is 2. The van der Waals surface area contributed by atoms with Crippen LogP contribution in [0.3, 0.4) is 0 Å². The number of amides is 2. The van der Waals surface area contributed by atoms with Crippen molar-refractivity contribution in [1.82, 2.24) is 10.2 Å². The largest absolute Gasteiger partial charge is 0.354 e. The summed E-state index contributed by atoms with van der Waals surface area (Å²) in [4.78, 5) is 25.5. The molecule has 7 heteroatoms. The van der Waals surface area contributed by atoms with Crippen LogP contribution in [0.25, 0.3) is 0 Å². The van der Waals surface area contributed by atoms with Crippen LogP contribution in [0.1, 0.15) is 50.5 Å². The van der Waals surface area contributed by atoms with Crippen LogP contribution >= 0.6 is 23.2 Å². The lowest BCUT2D eigenvalue weighted by Crippen LogP contribution is -2.48. The van der Waals surface area contributed by atoms with Gasteiger partial charge in [-0.05, 0) is 56.2 Å². The van der Waals surface area contributed by atoms with Crippen molar-refractivity contribution in [1.29, 1.82) is 0 Å². The van der Waals surface area contributed by atoms with Gasteiger partial charge in [-0.1, -0.05) is 48.5 Å². The number of nitrogens with two attached hydrogens (primary N) is 1. The first-order valence-corrected chi connectivity index (χ1v) is 10.9. The van der Waals surface area contributed by atoms with E-state index >= 15 is 0 Å². The van der Waals surface area contributed by atoms with Crippen molar-refractivity contribution in [2.24, 2.45) is 11.7 Å². The van der Waals surface area contributed by atoms with Gasteiger partial charge in [0.05, 0.1) is 16.6 Å². The molecular formula is C21H31Cl2N3O2. The summed E-state index contributed by atoms with van der Waals surface area (Å²) in [6.45, 7) is 3.39. The minimum absolute atomic E-state index is 0.00451. The highest BCUT2D eigenvalue weighted by Gasteiger charge is 2.33. The fraction of sp³-hybridized carbons (Fsp3) is 0.619. The third kappa shape index (κ3) is 6.94. The maximum Gasteiger partial charge on any atom is 0.242 e. The molecule has 1 aromatic carbocycles. The number of nitrogens with zero attached hydrogens (tertiary/aromatic N) is 1. The van der Waals surface area contributed by atoms with Gasteiger partial charge < -0.3 is 16.0 Å². The van der Waals surface area contributed by atoms with Gasteiger partial charge in [-0.15, -0.1) is 0 Å². The first-order chi connectivity index (χ1) is 13.4. The number of hydrogen-bond donors (Lipinski definition) is 2. The number of aryl methyl sites for hydroxylation is 1. The maximum absolute atomic E-state index is 12.2. The van der Waals surface area contributed by atoms with Crippen LogP contribution in [0.2, 0.25) is 10.0 Å². The van der Waals surface area contributed by atoms with Gasteiger partial charge in [0, 0.05) is 13.1 Å². The molecule has 1 aromatic rings. The first-order valence-electron chi connectivity index (χ1n) is 10.1. The highest BCUT2D eigenvalue weighted by Crippen LogP contribution is 2.23. The van der Waals surface area contributed by atoms with Crippen molar-refractivity contribution in [3.8, 4) is 0 Å².